The normalized spacial score (nSPS) is 15.8. The van der Waals surface area contributed by atoms with Crippen molar-refractivity contribution in [2.75, 3.05) is 14.2 Å². The molecular formula is C39H50F10N2O4S2. The summed E-state index contributed by atoms with van der Waals surface area (Å²) in [5.41, 5.74) is -6.41. The number of methoxy groups -OCH3 is 2. The summed E-state index contributed by atoms with van der Waals surface area (Å²) in [5, 5.41) is 0.442. The molecule has 2 saturated carbocycles. The average molecular weight is 865 g/mol. The monoisotopic (exact) mass is 864 g/mol. The van der Waals surface area contributed by atoms with E-state index in [1.54, 1.807) is 27.7 Å². The molecule has 0 bridgehead atoms. The van der Waals surface area contributed by atoms with Crippen molar-refractivity contribution in [3.05, 3.63) is 56.2 Å². The molecule has 18 heteroatoms. The summed E-state index contributed by atoms with van der Waals surface area (Å²) in [5.74, 6) is -2.51. The lowest BCUT2D eigenvalue weighted by molar-refractivity contribution is -0.142. The molecule has 2 aliphatic carbocycles. The first-order valence-electron chi connectivity index (χ1n) is 18.8. The predicted molar refractivity (Wildman–Crippen MR) is 200 cm³/mol. The Bertz CT molecular complexity index is 1660. The molecule has 2 aromatic heterocycles. The highest BCUT2D eigenvalue weighted by Crippen LogP contribution is 2.43. The summed E-state index contributed by atoms with van der Waals surface area (Å²) in [6, 6.07) is 0. The third-order valence-corrected chi connectivity index (χ3v) is 12.4. The lowest BCUT2D eigenvalue weighted by Crippen LogP contribution is -2.23. The van der Waals surface area contributed by atoms with E-state index in [9.17, 15) is 53.5 Å². The van der Waals surface area contributed by atoms with E-state index in [1.165, 1.54) is 23.5 Å². The molecule has 0 aliphatic heterocycles. The van der Waals surface area contributed by atoms with Gasteiger partial charge in [0.1, 0.15) is 22.8 Å². The van der Waals surface area contributed by atoms with Gasteiger partial charge in [0.25, 0.3) is 12.9 Å². The van der Waals surface area contributed by atoms with E-state index >= 15 is 0 Å². The van der Waals surface area contributed by atoms with Crippen molar-refractivity contribution in [3.8, 4) is 0 Å². The zero-order valence-corrected chi connectivity index (χ0v) is 34.4. The van der Waals surface area contributed by atoms with Gasteiger partial charge in [-0.15, -0.1) is 0 Å². The Morgan fingerprint density at radius 3 is 1.18 bits per heavy atom. The fourth-order valence-electron chi connectivity index (χ4n) is 7.10. The molecule has 4 rings (SSSR count). The van der Waals surface area contributed by atoms with Gasteiger partial charge in [0.2, 0.25) is 0 Å². The number of carbonyl (C=O) groups is 2. The van der Waals surface area contributed by atoms with E-state index in [0.717, 1.165) is 72.0 Å². The molecule has 6 nitrogen and oxygen atoms in total. The van der Waals surface area contributed by atoms with Crippen molar-refractivity contribution in [3.63, 3.8) is 0 Å². The van der Waals surface area contributed by atoms with Gasteiger partial charge in [-0.1, -0.05) is 59.8 Å². The smallest absolute Gasteiger partial charge is 0.433 e. The minimum Gasteiger partial charge on any atom is -0.465 e. The first-order valence-corrected chi connectivity index (χ1v) is 20.9. The Kier molecular flexibility index (Phi) is 18.3. The Morgan fingerprint density at radius 2 is 0.912 bits per heavy atom. The summed E-state index contributed by atoms with van der Waals surface area (Å²) in [4.78, 5) is 31.0. The molecule has 0 unspecified atom stereocenters. The van der Waals surface area contributed by atoms with Gasteiger partial charge in [-0.05, 0) is 72.6 Å². The van der Waals surface area contributed by atoms with E-state index in [4.69, 9.17) is 0 Å². The number of thioether (sulfide) groups is 2. The number of carbonyl (C=O) groups excluding carboxylic acids is 2. The fourth-order valence-corrected chi connectivity index (χ4v) is 9.86. The number of aromatic nitrogens is 2. The SMILES string of the molecule is COC(=O)c1c(C(F)F)nc(C(F)(F)F)c(CSC2CCCC2)c1CC(C)C.COC(=O)c1c(C(F)F)nc(C(F)(F)F)c(CSC2CCCCC2)c1CC(C)C. The molecular weight excluding hydrogens is 815 g/mol. The van der Waals surface area contributed by atoms with Gasteiger partial charge >= 0.3 is 24.3 Å². The Hall–Kier alpha value is -2.76. The van der Waals surface area contributed by atoms with Gasteiger partial charge in [0, 0.05) is 22.0 Å². The van der Waals surface area contributed by atoms with Gasteiger partial charge in [-0.2, -0.15) is 49.9 Å². The van der Waals surface area contributed by atoms with Crippen molar-refractivity contribution in [2.24, 2.45) is 11.8 Å². The van der Waals surface area contributed by atoms with Crippen molar-refractivity contribution in [1.29, 1.82) is 0 Å². The van der Waals surface area contributed by atoms with Crippen LogP contribution in [0.5, 0.6) is 0 Å². The molecule has 0 atom stereocenters. The second-order valence-corrected chi connectivity index (χ2v) is 17.5. The molecule has 0 amide bonds. The number of hydrogen-bond acceptors (Lipinski definition) is 8. The van der Waals surface area contributed by atoms with Crippen LogP contribution in [-0.2, 0) is 46.2 Å². The maximum Gasteiger partial charge on any atom is 0.433 e. The minimum absolute atomic E-state index is 0.0206. The second-order valence-electron chi connectivity index (χ2n) is 14.9. The molecule has 2 heterocycles. The maximum atomic E-state index is 13.8. The molecule has 2 aliphatic rings. The number of pyridine rings is 2. The van der Waals surface area contributed by atoms with Crippen LogP contribution < -0.4 is 0 Å². The molecule has 0 spiro atoms. The zero-order valence-electron chi connectivity index (χ0n) is 32.8. The number of esters is 2. The fraction of sp³-hybridized carbons (Fsp3) is 0.692. The summed E-state index contributed by atoms with van der Waals surface area (Å²) >= 11 is 2.76. The van der Waals surface area contributed by atoms with Gasteiger partial charge in [-0.25, -0.2) is 37.1 Å². The maximum absolute atomic E-state index is 13.8. The van der Waals surface area contributed by atoms with Crippen LogP contribution in [0.15, 0.2) is 0 Å². The standard InChI is InChI=1S/C20H26F5NO2S.C19H24F5NO2S/c1-11(2)9-13-14(10-29-12-7-5-4-6-8-12)17(20(23,24)25)26-16(18(21)22)15(13)19(27)28-3;1-10(2)8-12-13(9-28-11-6-4-5-7-11)16(19(22,23)24)25-15(17(20)21)14(12)18(26)27-3/h11-12,18H,4-10H2,1-3H3;10-11,17H,4-9H2,1-3H3. The quantitative estimate of drug-likeness (QED) is 0.137. The van der Waals surface area contributed by atoms with Crippen LogP contribution in [0.2, 0.25) is 0 Å². The van der Waals surface area contributed by atoms with Crippen molar-refractivity contribution >= 4 is 35.5 Å². The van der Waals surface area contributed by atoms with Crippen molar-refractivity contribution in [1.82, 2.24) is 9.97 Å². The van der Waals surface area contributed by atoms with E-state index < -0.39 is 71.0 Å². The van der Waals surface area contributed by atoms with Crippen LogP contribution in [0.4, 0.5) is 43.9 Å². The number of hydrogen-bond donors (Lipinski definition) is 0. The molecule has 0 aromatic carbocycles. The minimum atomic E-state index is -4.90. The zero-order chi connectivity index (χ0) is 42.8. The van der Waals surface area contributed by atoms with Crippen molar-refractivity contribution in [2.45, 2.75) is 146 Å². The molecule has 2 fully saturated rings. The van der Waals surface area contributed by atoms with Crippen molar-refractivity contribution < 1.29 is 63.0 Å². The summed E-state index contributed by atoms with van der Waals surface area (Å²) < 4.78 is 146. The second kappa shape index (κ2) is 21.5. The number of nitrogens with zero attached hydrogens (tertiary/aromatic N) is 2. The van der Waals surface area contributed by atoms with Crippen LogP contribution in [0.3, 0.4) is 0 Å². The lowest BCUT2D eigenvalue weighted by Gasteiger charge is -2.25. The van der Waals surface area contributed by atoms with Crippen LogP contribution in [0.1, 0.15) is 164 Å². The summed E-state index contributed by atoms with van der Waals surface area (Å²) in [7, 11) is 2.03. The highest BCUT2D eigenvalue weighted by atomic mass is 32.2. The molecule has 0 N–H and O–H groups in total. The van der Waals surface area contributed by atoms with Gasteiger partial charge in [-0.3, -0.25) is 0 Å². The predicted octanol–water partition coefficient (Wildman–Crippen LogP) is 12.8. The van der Waals surface area contributed by atoms with E-state index in [1.807, 2.05) is 0 Å². The van der Waals surface area contributed by atoms with Crippen LogP contribution in [0, 0.1) is 11.8 Å². The highest BCUT2D eigenvalue weighted by molar-refractivity contribution is 7.99. The number of alkyl halides is 10. The molecule has 0 radical (unpaired) electrons. The summed E-state index contributed by atoms with van der Waals surface area (Å²) in [6.45, 7) is 7.03. The first-order chi connectivity index (χ1) is 26.6. The summed E-state index contributed by atoms with van der Waals surface area (Å²) in [6.07, 6.45) is -7.45. The van der Waals surface area contributed by atoms with E-state index in [0.29, 0.717) is 0 Å². The highest BCUT2D eigenvalue weighted by Gasteiger charge is 2.42. The third-order valence-electron chi connectivity index (χ3n) is 9.62. The van der Waals surface area contributed by atoms with Crippen LogP contribution in [0.25, 0.3) is 0 Å². The van der Waals surface area contributed by atoms with E-state index in [2.05, 4.69) is 19.4 Å². The van der Waals surface area contributed by atoms with Gasteiger partial charge < -0.3 is 9.47 Å². The molecule has 57 heavy (non-hydrogen) atoms. The number of halogens is 10. The van der Waals surface area contributed by atoms with E-state index in [-0.39, 0.29) is 68.9 Å². The lowest BCUT2D eigenvalue weighted by atomic mass is 9.91. The molecule has 2 aromatic rings. The number of rotatable bonds is 14. The van der Waals surface area contributed by atoms with Gasteiger partial charge in [0.15, 0.2) is 0 Å². The molecule has 322 valence electrons. The number of ether oxygens (including phenoxy) is 2. The Labute approximate surface area is 335 Å². The average Bonchev–Trinajstić information content (AvgIpc) is 3.65. The molecule has 0 saturated heterocycles. The first kappa shape index (κ1) is 48.6. The third kappa shape index (κ3) is 13.4. The van der Waals surface area contributed by atoms with Crippen LogP contribution in [-0.4, -0.2) is 46.6 Å². The van der Waals surface area contributed by atoms with Gasteiger partial charge in [0.05, 0.1) is 25.3 Å². The topological polar surface area (TPSA) is 78.4 Å². The van der Waals surface area contributed by atoms with Crippen LogP contribution >= 0.6 is 23.5 Å². The Morgan fingerprint density at radius 1 is 0.596 bits per heavy atom. The Balaban J connectivity index is 0.000000306. The largest absolute Gasteiger partial charge is 0.465 e.